The summed E-state index contributed by atoms with van der Waals surface area (Å²) < 4.78 is 0. The number of hydrogen-bond acceptors (Lipinski definition) is 0. The van der Waals surface area contributed by atoms with E-state index >= 15 is 0 Å². The fourth-order valence-electron chi connectivity index (χ4n) is 5.62. The average Bonchev–Trinajstić information content (AvgIpc) is 3.64. The van der Waals surface area contributed by atoms with Crippen molar-refractivity contribution in [2.24, 2.45) is 0 Å². The second kappa shape index (κ2) is 15.8. The molecule has 0 aromatic heterocycles. The van der Waals surface area contributed by atoms with Crippen LogP contribution in [-0.2, 0) is 23.3 Å². The molecule has 7 aromatic carbocycles. The van der Waals surface area contributed by atoms with Crippen molar-refractivity contribution in [1.82, 2.24) is 0 Å². The molecule has 0 aliphatic carbocycles. The normalized spacial score (nSPS) is 10.0. The molecule has 0 spiro atoms. The van der Waals surface area contributed by atoms with Crippen molar-refractivity contribution in [3.63, 3.8) is 0 Å². The quantitative estimate of drug-likeness (QED) is 0.132. The molecule has 43 heavy (non-hydrogen) atoms. The van der Waals surface area contributed by atoms with Gasteiger partial charge in [0, 0.05) is 0 Å². The molecule has 0 aliphatic heterocycles. The van der Waals surface area contributed by atoms with Crippen molar-refractivity contribution < 1.29 is 23.3 Å². The van der Waals surface area contributed by atoms with E-state index in [0.29, 0.717) is 0 Å². The Labute approximate surface area is 275 Å². The van der Waals surface area contributed by atoms with Crippen LogP contribution < -0.4 is 0 Å². The third kappa shape index (κ3) is 7.50. The Kier molecular flexibility index (Phi) is 12.4. The van der Waals surface area contributed by atoms with E-state index in [4.69, 9.17) is 0 Å². The van der Waals surface area contributed by atoms with Crippen LogP contribution in [0.1, 0.15) is 16.7 Å². The van der Waals surface area contributed by atoms with Crippen LogP contribution in [0.5, 0.6) is 0 Å². The van der Waals surface area contributed by atoms with Crippen LogP contribution in [0.2, 0.25) is 0 Å². The number of rotatable bonds is 3. The summed E-state index contributed by atoms with van der Waals surface area (Å²) in [7, 11) is 0. The second-order valence-corrected chi connectivity index (χ2v) is 10.4. The van der Waals surface area contributed by atoms with E-state index in [1.54, 1.807) is 0 Å². The molecule has 0 N–H and O–H groups in total. The van der Waals surface area contributed by atoms with E-state index in [1.165, 1.54) is 95.0 Å². The summed E-state index contributed by atoms with van der Waals surface area (Å²) in [5.74, 6) is 0. The van der Waals surface area contributed by atoms with Gasteiger partial charge in [0.05, 0.1) is 0 Å². The Morgan fingerprint density at radius 2 is 1.05 bits per heavy atom. The first-order chi connectivity index (χ1) is 20.1. The maximum atomic E-state index is 3.06. The minimum atomic E-state index is 0. The zero-order valence-electron chi connectivity index (χ0n) is 25.8. The predicted octanol–water partition coefficient (Wildman–Crippen LogP) is 11.6. The van der Waals surface area contributed by atoms with E-state index in [2.05, 4.69) is 167 Å². The van der Waals surface area contributed by atoms with E-state index in [0.717, 1.165) is 0 Å². The maximum absolute atomic E-state index is 3.06. The van der Waals surface area contributed by atoms with Gasteiger partial charge in [-0.05, 0) is 18.1 Å². The summed E-state index contributed by atoms with van der Waals surface area (Å²) in [5.41, 5.74) is 11.8. The van der Waals surface area contributed by atoms with Gasteiger partial charge in [-0.2, -0.15) is 6.07 Å². The summed E-state index contributed by atoms with van der Waals surface area (Å²) in [6.45, 7) is 9.57. The number of benzene rings is 5. The van der Waals surface area contributed by atoms with Gasteiger partial charge < -0.3 is 14.9 Å². The molecule has 214 valence electrons. The monoisotopic (exact) mass is 648 g/mol. The van der Waals surface area contributed by atoms with Crippen molar-refractivity contribution in [1.29, 1.82) is 0 Å². The molecule has 0 fully saturated rings. The number of hydrogen-bond donors (Lipinski definition) is 0. The van der Waals surface area contributed by atoms with E-state index in [-0.39, 0.29) is 14.9 Å². The van der Waals surface area contributed by atoms with Crippen molar-refractivity contribution in [2.75, 3.05) is 0 Å². The fourth-order valence-corrected chi connectivity index (χ4v) is 5.62. The molecular weight excluding hydrogens is 612 g/mol. The Morgan fingerprint density at radius 1 is 0.488 bits per heavy atom. The van der Waals surface area contributed by atoms with Crippen LogP contribution in [-0.4, -0.2) is 6.88 Å². The zero-order chi connectivity index (χ0) is 28.8. The van der Waals surface area contributed by atoms with E-state index in [1.807, 2.05) is 0 Å². The molecule has 2 radical (unpaired) electrons. The Balaban J connectivity index is 0.000000219. The first-order valence-corrected chi connectivity index (χ1v) is 18.0. The van der Waals surface area contributed by atoms with Gasteiger partial charge in [-0.1, -0.05) is 139 Å². The molecule has 0 atom stereocenters. The molecule has 7 aromatic rings. The first-order valence-electron chi connectivity index (χ1n) is 13.9. The van der Waals surface area contributed by atoms with E-state index in [9.17, 15) is 0 Å². The van der Waals surface area contributed by atoms with Crippen molar-refractivity contribution in [3.05, 3.63) is 171 Å². The summed E-state index contributed by atoms with van der Waals surface area (Å²) in [4.78, 5) is 0. The van der Waals surface area contributed by atoms with Crippen LogP contribution in [0.4, 0.5) is 0 Å². The molecule has 0 amide bonds. The van der Waals surface area contributed by atoms with Gasteiger partial charge in [-0.25, -0.2) is 0 Å². The summed E-state index contributed by atoms with van der Waals surface area (Å²) in [6.07, 6.45) is 0. The molecule has 0 aliphatic rings. The number of aryl methyl sites for hydroxylation is 3. The Hall–Kier alpha value is -3.58. The zero-order valence-corrected chi connectivity index (χ0v) is 29.2. The summed E-state index contributed by atoms with van der Waals surface area (Å²) in [5, 5.41) is 5.38. The van der Waals surface area contributed by atoms with Crippen LogP contribution in [0.15, 0.2) is 140 Å². The average molecular weight is 650 g/mol. The van der Waals surface area contributed by atoms with Gasteiger partial charge in [0.15, 0.2) is 0 Å². The molecule has 0 saturated heterocycles. The molecule has 0 nitrogen and oxygen atoms in total. The molecule has 0 saturated carbocycles. The third-order valence-corrected chi connectivity index (χ3v) is 7.63. The third-order valence-electron chi connectivity index (χ3n) is 7.63. The van der Waals surface area contributed by atoms with Gasteiger partial charge in [-0.3, -0.25) is 0 Å². The molecule has 7 rings (SSSR count). The Morgan fingerprint density at radius 3 is 1.67 bits per heavy atom. The molecule has 2 heteroatoms. The Bertz CT molecular complexity index is 1890. The first kappa shape index (κ1) is 33.9. The van der Waals surface area contributed by atoms with Crippen LogP contribution >= 0.6 is 0 Å². The topological polar surface area (TPSA) is 0 Å². The second-order valence-electron chi connectivity index (χ2n) is 10.4. The SMILES string of the molecule is Cc1cc2c(-c3ccccc3)ccc(C)c2[cH-]1.Cc1ccccc1-c1cc2c(-c3ccccc3)cccc2[cH-]1.[CH3-].[CH3-].[Si]=[Zr]. The van der Waals surface area contributed by atoms with E-state index < -0.39 is 0 Å². The van der Waals surface area contributed by atoms with Gasteiger partial charge in [0.1, 0.15) is 0 Å². The van der Waals surface area contributed by atoms with Crippen LogP contribution in [0.3, 0.4) is 0 Å². The van der Waals surface area contributed by atoms with Crippen molar-refractivity contribution in [2.45, 2.75) is 20.8 Å². The van der Waals surface area contributed by atoms with Gasteiger partial charge in [0.2, 0.25) is 0 Å². The summed E-state index contributed by atoms with van der Waals surface area (Å²) in [6, 6.07) is 49.9. The van der Waals surface area contributed by atoms with Crippen molar-refractivity contribution in [3.8, 4) is 33.4 Å². The predicted molar refractivity (Wildman–Crippen MR) is 188 cm³/mol. The molecule has 0 bridgehead atoms. The van der Waals surface area contributed by atoms with Crippen LogP contribution in [0.25, 0.3) is 54.9 Å². The van der Waals surface area contributed by atoms with Gasteiger partial charge >= 0.3 is 30.2 Å². The molecule has 0 heterocycles. The molecule has 0 unspecified atom stereocenters. The van der Waals surface area contributed by atoms with Gasteiger partial charge in [0.25, 0.3) is 0 Å². The van der Waals surface area contributed by atoms with Gasteiger partial charge in [-0.15, -0.1) is 68.6 Å². The minimum absolute atomic E-state index is 0. The summed E-state index contributed by atoms with van der Waals surface area (Å²) >= 11 is 1.36. The fraction of sp³-hybridized carbons (Fsp3) is 0.0732. The molecular formula is C41H38SiZr-4. The standard InChI is InChI=1S/C22H17.C17H15.2CH3.Si.Zr/c1-16-8-5-6-12-20(16)19-14-18-11-7-13-21(22(18)15-19)17-9-3-2-4-10-17;1-12-10-16-13(2)8-9-15(17(16)11-12)14-6-4-3-5-7-14;;;;/h2-15H,1H3;3-11H,1-2H3;2*1H3;;/q4*-1;;. The number of fused-ring (bicyclic) bond motifs is 2. The van der Waals surface area contributed by atoms with Crippen molar-refractivity contribution >= 4 is 28.4 Å². The van der Waals surface area contributed by atoms with Crippen LogP contribution in [0, 0.1) is 35.6 Å².